The number of aryl methyl sites for hydroxylation is 1. The number of hydrogen-bond donors (Lipinski definition) is 0. The maximum atomic E-state index is 11.2. The molecule has 0 heterocycles. The molecule has 0 saturated heterocycles. The second-order valence-corrected chi connectivity index (χ2v) is 3.73. The van der Waals surface area contributed by atoms with Gasteiger partial charge in [0.15, 0.2) is 0 Å². The second-order valence-electron chi connectivity index (χ2n) is 3.73. The number of rotatable bonds is 3. The molecule has 17 heavy (non-hydrogen) atoms. The van der Waals surface area contributed by atoms with Crippen LogP contribution in [0, 0.1) is 6.92 Å². The SMILES string of the molecule is C=C(C)C(=O)OC(=O)C=Cc1ccc(C)cc1. The lowest BCUT2D eigenvalue weighted by Crippen LogP contribution is -2.10. The van der Waals surface area contributed by atoms with Crippen LogP contribution in [0.3, 0.4) is 0 Å². The molecule has 88 valence electrons. The Labute approximate surface area is 100 Å². The number of benzene rings is 1. The largest absolute Gasteiger partial charge is 0.386 e. The Morgan fingerprint density at radius 2 is 1.82 bits per heavy atom. The van der Waals surface area contributed by atoms with Gasteiger partial charge in [-0.1, -0.05) is 36.4 Å². The first-order valence-corrected chi connectivity index (χ1v) is 5.15. The molecule has 1 rings (SSSR count). The summed E-state index contributed by atoms with van der Waals surface area (Å²) in [6.45, 7) is 6.85. The summed E-state index contributed by atoms with van der Waals surface area (Å²) in [5.41, 5.74) is 2.21. The van der Waals surface area contributed by atoms with Crippen molar-refractivity contribution in [3.63, 3.8) is 0 Å². The third-order valence-electron chi connectivity index (χ3n) is 2.03. The molecule has 0 aliphatic heterocycles. The Morgan fingerprint density at radius 3 is 2.35 bits per heavy atom. The van der Waals surface area contributed by atoms with Crippen molar-refractivity contribution in [3.8, 4) is 0 Å². The van der Waals surface area contributed by atoms with E-state index in [9.17, 15) is 9.59 Å². The van der Waals surface area contributed by atoms with Gasteiger partial charge in [0.05, 0.1) is 0 Å². The van der Waals surface area contributed by atoms with E-state index in [1.165, 1.54) is 13.0 Å². The van der Waals surface area contributed by atoms with E-state index >= 15 is 0 Å². The van der Waals surface area contributed by atoms with Gasteiger partial charge < -0.3 is 4.74 Å². The molecule has 0 aliphatic carbocycles. The summed E-state index contributed by atoms with van der Waals surface area (Å²) < 4.78 is 4.49. The van der Waals surface area contributed by atoms with Crippen molar-refractivity contribution in [2.75, 3.05) is 0 Å². The zero-order valence-corrected chi connectivity index (χ0v) is 9.90. The minimum atomic E-state index is -0.705. The molecular weight excluding hydrogens is 216 g/mol. The fraction of sp³-hybridized carbons (Fsp3) is 0.143. The third-order valence-corrected chi connectivity index (χ3v) is 2.03. The second kappa shape index (κ2) is 5.80. The summed E-state index contributed by atoms with van der Waals surface area (Å²) in [6.07, 6.45) is 2.80. The van der Waals surface area contributed by atoms with Gasteiger partial charge in [-0.05, 0) is 25.5 Å². The van der Waals surface area contributed by atoms with Crippen molar-refractivity contribution in [2.45, 2.75) is 13.8 Å². The van der Waals surface area contributed by atoms with Crippen LogP contribution in [0.25, 0.3) is 6.08 Å². The van der Waals surface area contributed by atoms with Crippen LogP contribution >= 0.6 is 0 Å². The Hall–Kier alpha value is -2.16. The minimum Gasteiger partial charge on any atom is -0.386 e. The molecule has 0 atom stereocenters. The predicted molar refractivity (Wildman–Crippen MR) is 66.1 cm³/mol. The van der Waals surface area contributed by atoms with Gasteiger partial charge in [-0.15, -0.1) is 0 Å². The van der Waals surface area contributed by atoms with Crippen molar-refractivity contribution in [1.29, 1.82) is 0 Å². The first kappa shape index (κ1) is 12.9. The van der Waals surface area contributed by atoms with Crippen molar-refractivity contribution in [2.24, 2.45) is 0 Å². The van der Waals surface area contributed by atoms with Crippen LogP contribution in [0.5, 0.6) is 0 Å². The van der Waals surface area contributed by atoms with E-state index in [4.69, 9.17) is 0 Å². The van der Waals surface area contributed by atoms with Gasteiger partial charge in [-0.2, -0.15) is 0 Å². The van der Waals surface area contributed by atoms with E-state index in [2.05, 4.69) is 11.3 Å². The number of ether oxygens (including phenoxy) is 1. The Bertz CT molecular complexity index is 467. The summed E-state index contributed by atoms with van der Waals surface area (Å²) >= 11 is 0. The molecule has 0 unspecified atom stereocenters. The molecule has 1 aromatic carbocycles. The first-order chi connectivity index (χ1) is 7.99. The van der Waals surface area contributed by atoms with E-state index in [0.29, 0.717) is 0 Å². The smallest absolute Gasteiger partial charge is 0.340 e. The maximum Gasteiger partial charge on any atom is 0.340 e. The maximum absolute atomic E-state index is 11.2. The van der Waals surface area contributed by atoms with Crippen LogP contribution in [0.2, 0.25) is 0 Å². The molecule has 0 radical (unpaired) electrons. The molecule has 0 aliphatic rings. The average Bonchev–Trinajstić information content (AvgIpc) is 2.28. The number of carbonyl (C=O) groups is 2. The Kier molecular flexibility index (Phi) is 4.40. The van der Waals surface area contributed by atoms with E-state index in [-0.39, 0.29) is 5.57 Å². The molecule has 0 amide bonds. The first-order valence-electron chi connectivity index (χ1n) is 5.15. The number of carbonyl (C=O) groups excluding carboxylic acids is 2. The highest BCUT2D eigenvalue weighted by molar-refractivity contribution is 6.00. The average molecular weight is 230 g/mol. The highest BCUT2D eigenvalue weighted by atomic mass is 16.6. The topological polar surface area (TPSA) is 43.4 Å². The van der Waals surface area contributed by atoms with Crippen LogP contribution < -0.4 is 0 Å². The summed E-state index contributed by atoms with van der Waals surface area (Å²) in [4.78, 5) is 22.3. The summed E-state index contributed by atoms with van der Waals surface area (Å²) in [5.74, 6) is -1.40. The fourth-order valence-electron chi connectivity index (χ4n) is 1.05. The Balaban J connectivity index is 2.59. The normalized spacial score (nSPS) is 10.2. The van der Waals surface area contributed by atoms with Gasteiger partial charge in [0.2, 0.25) is 0 Å². The highest BCUT2D eigenvalue weighted by Crippen LogP contribution is 2.05. The third kappa shape index (κ3) is 4.47. The van der Waals surface area contributed by atoms with Gasteiger partial charge >= 0.3 is 11.9 Å². The van der Waals surface area contributed by atoms with Crippen LogP contribution in [-0.2, 0) is 14.3 Å². The quantitative estimate of drug-likeness (QED) is 0.455. The van der Waals surface area contributed by atoms with E-state index < -0.39 is 11.9 Å². The molecular formula is C14H14O3. The molecule has 0 bridgehead atoms. The lowest BCUT2D eigenvalue weighted by atomic mass is 10.1. The number of hydrogen-bond acceptors (Lipinski definition) is 3. The van der Waals surface area contributed by atoms with Gasteiger partial charge in [0.25, 0.3) is 0 Å². The molecule has 0 saturated carbocycles. The Morgan fingerprint density at radius 1 is 1.24 bits per heavy atom. The van der Waals surface area contributed by atoms with Crippen LogP contribution in [0.1, 0.15) is 18.1 Å². The van der Waals surface area contributed by atoms with E-state index in [1.54, 1.807) is 6.08 Å². The van der Waals surface area contributed by atoms with Gasteiger partial charge in [0.1, 0.15) is 0 Å². The zero-order valence-electron chi connectivity index (χ0n) is 9.90. The van der Waals surface area contributed by atoms with Crippen LogP contribution in [0.15, 0.2) is 42.5 Å². The monoisotopic (exact) mass is 230 g/mol. The van der Waals surface area contributed by atoms with Crippen molar-refractivity contribution < 1.29 is 14.3 Å². The van der Waals surface area contributed by atoms with Crippen LogP contribution in [0.4, 0.5) is 0 Å². The molecule has 0 N–H and O–H groups in total. The predicted octanol–water partition coefficient (Wildman–Crippen LogP) is 2.65. The lowest BCUT2D eigenvalue weighted by molar-refractivity contribution is -0.153. The van der Waals surface area contributed by atoms with E-state index in [0.717, 1.165) is 11.1 Å². The summed E-state index contributed by atoms with van der Waals surface area (Å²) in [6, 6.07) is 7.62. The summed E-state index contributed by atoms with van der Waals surface area (Å²) in [7, 11) is 0. The van der Waals surface area contributed by atoms with Crippen LogP contribution in [-0.4, -0.2) is 11.9 Å². The van der Waals surface area contributed by atoms with E-state index in [1.807, 2.05) is 31.2 Å². The highest BCUT2D eigenvalue weighted by Gasteiger charge is 2.07. The number of esters is 2. The van der Waals surface area contributed by atoms with Gasteiger partial charge in [-0.3, -0.25) is 0 Å². The standard InChI is InChI=1S/C14H14O3/c1-10(2)14(16)17-13(15)9-8-12-6-4-11(3)5-7-12/h4-9H,1H2,2-3H3. The zero-order chi connectivity index (χ0) is 12.8. The molecule has 0 aromatic heterocycles. The van der Waals surface area contributed by atoms with Crippen molar-refractivity contribution in [3.05, 3.63) is 53.6 Å². The van der Waals surface area contributed by atoms with Gasteiger partial charge in [0, 0.05) is 11.6 Å². The molecule has 0 fully saturated rings. The molecule has 3 nitrogen and oxygen atoms in total. The van der Waals surface area contributed by atoms with Crippen molar-refractivity contribution >= 4 is 18.0 Å². The fourth-order valence-corrected chi connectivity index (χ4v) is 1.05. The minimum absolute atomic E-state index is 0.196. The molecule has 0 spiro atoms. The van der Waals surface area contributed by atoms with Gasteiger partial charge in [-0.25, -0.2) is 9.59 Å². The summed E-state index contributed by atoms with van der Waals surface area (Å²) in [5, 5.41) is 0. The lowest BCUT2D eigenvalue weighted by Gasteiger charge is -1.98. The molecule has 3 heteroatoms. The molecule has 1 aromatic rings. The van der Waals surface area contributed by atoms with Crippen molar-refractivity contribution in [1.82, 2.24) is 0 Å².